The van der Waals surface area contributed by atoms with Crippen LogP contribution in [-0.4, -0.2) is 51.7 Å². The number of nitrogens with zero attached hydrogens (tertiary/aromatic N) is 4. The van der Waals surface area contributed by atoms with Crippen molar-refractivity contribution in [2.24, 2.45) is 7.05 Å². The van der Waals surface area contributed by atoms with E-state index < -0.39 is 0 Å². The summed E-state index contributed by atoms with van der Waals surface area (Å²) in [5.74, 6) is -0.281. The smallest absolute Gasteiger partial charge is 0.257 e. The molecule has 0 radical (unpaired) electrons. The summed E-state index contributed by atoms with van der Waals surface area (Å²) in [6.45, 7) is 4.90. The van der Waals surface area contributed by atoms with Gasteiger partial charge < -0.3 is 4.90 Å². The number of aryl methyl sites for hydroxylation is 2. The number of hydrogen-bond acceptors (Lipinski definition) is 3. The number of rotatable bonds is 3. The number of halogens is 2. The van der Waals surface area contributed by atoms with Gasteiger partial charge in [-0.25, -0.2) is 4.39 Å². The first-order chi connectivity index (χ1) is 11.5. The van der Waals surface area contributed by atoms with Gasteiger partial charge in [-0.05, 0) is 19.1 Å². The molecule has 1 amide bonds. The van der Waals surface area contributed by atoms with E-state index in [1.165, 1.54) is 6.07 Å². The molecule has 2 aromatic rings. The van der Waals surface area contributed by atoms with Gasteiger partial charge in [0.05, 0.1) is 11.3 Å². The molecule has 0 aliphatic carbocycles. The van der Waals surface area contributed by atoms with Crippen molar-refractivity contribution in [3.63, 3.8) is 0 Å². The largest absolute Gasteiger partial charge is 0.336 e. The van der Waals surface area contributed by atoms with Crippen molar-refractivity contribution in [3.05, 3.63) is 52.1 Å². The van der Waals surface area contributed by atoms with Gasteiger partial charge in [-0.3, -0.25) is 14.4 Å². The maximum absolute atomic E-state index is 13.9. The minimum atomic E-state index is -0.285. The Kier molecular flexibility index (Phi) is 4.87. The third-order valence-corrected chi connectivity index (χ3v) is 4.70. The summed E-state index contributed by atoms with van der Waals surface area (Å²) in [5, 5.41) is 4.66. The molecule has 0 saturated carbocycles. The Hall–Kier alpha value is -1.92. The molecule has 1 saturated heterocycles. The van der Waals surface area contributed by atoms with Crippen LogP contribution in [0.4, 0.5) is 4.39 Å². The Labute approximate surface area is 145 Å². The number of amides is 1. The lowest BCUT2D eigenvalue weighted by Crippen LogP contribution is -2.48. The first kappa shape index (κ1) is 16.9. The van der Waals surface area contributed by atoms with E-state index in [1.807, 2.05) is 11.8 Å². The van der Waals surface area contributed by atoms with Crippen LogP contribution in [0.15, 0.2) is 24.4 Å². The highest BCUT2D eigenvalue weighted by molar-refractivity contribution is 6.31. The molecule has 128 valence electrons. The van der Waals surface area contributed by atoms with Gasteiger partial charge in [-0.2, -0.15) is 5.10 Å². The molecule has 2 heterocycles. The topological polar surface area (TPSA) is 41.4 Å². The standard InChI is InChI=1S/C17H20ClFN4O/c1-12-13(10-21(2)20-12)17(24)23-8-6-22(7-9-23)11-14-15(18)4-3-5-16(14)19/h3-5,10H,6-9,11H2,1-2H3. The SMILES string of the molecule is Cc1nn(C)cc1C(=O)N1CCN(Cc2c(F)cccc2Cl)CC1. The summed E-state index contributed by atoms with van der Waals surface area (Å²) in [5.41, 5.74) is 1.90. The molecule has 0 spiro atoms. The van der Waals surface area contributed by atoms with Crippen molar-refractivity contribution in [2.45, 2.75) is 13.5 Å². The monoisotopic (exact) mass is 350 g/mol. The molecular formula is C17H20ClFN4O. The lowest BCUT2D eigenvalue weighted by Gasteiger charge is -2.34. The van der Waals surface area contributed by atoms with Crippen LogP contribution < -0.4 is 0 Å². The van der Waals surface area contributed by atoms with E-state index >= 15 is 0 Å². The molecule has 1 aliphatic rings. The summed E-state index contributed by atoms with van der Waals surface area (Å²) in [7, 11) is 1.81. The second kappa shape index (κ2) is 6.91. The average Bonchev–Trinajstić information content (AvgIpc) is 2.89. The van der Waals surface area contributed by atoms with E-state index in [0.717, 1.165) is 5.69 Å². The number of hydrogen-bond donors (Lipinski definition) is 0. The zero-order valence-electron chi connectivity index (χ0n) is 13.8. The summed E-state index contributed by atoms with van der Waals surface area (Å²) in [4.78, 5) is 16.5. The molecule has 1 aliphatic heterocycles. The van der Waals surface area contributed by atoms with Gasteiger partial charge >= 0.3 is 0 Å². The minimum absolute atomic E-state index is 0.00386. The van der Waals surface area contributed by atoms with Crippen molar-refractivity contribution in [1.29, 1.82) is 0 Å². The van der Waals surface area contributed by atoms with E-state index in [-0.39, 0.29) is 11.7 Å². The zero-order valence-corrected chi connectivity index (χ0v) is 14.6. The van der Waals surface area contributed by atoms with Gasteiger partial charge in [0.25, 0.3) is 5.91 Å². The van der Waals surface area contributed by atoms with Gasteiger partial charge in [0, 0.05) is 56.6 Å². The molecule has 1 aromatic carbocycles. The zero-order chi connectivity index (χ0) is 17.3. The molecule has 0 N–H and O–H groups in total. The number of piperazine rings is 1. The lowest BCUT2D eigenvalue weighted by molar-refractivity contribution is 0.0626. The molecule has 24 heavy (non-hydrogen) atoms. The summed E-state index contributed by atoms with van der Waals surface area (Å²) in [6.07, 6.45) is 1.75. The Balaban J connectivity index is 1.62. The fourth-order valence-electron chi connectivity index (χ4n) is 3.00. The molecule has 7 heteroatoms. The van der Waals surface area contributed by atoms with Crippen molar-refractivity contribution < 1.29 is 9.18 Å². The van der Waals surface area contributed by atoms with Crippen LogP contribution >= 0.6 is 11.6 Å². The molecule has 0 bridgehead atoms. The Morgan fingerprint density at radius 3 is 2.58 bits per heavy atom. The summed E-state index contributed by atoms with van der Waals surface area (Å²) >= 11 is 6.09. The van der Waals surface area contributed by atoms with Crippen LogP contribution in [0.1, 0.15) is 21.6 Å². The number of benzene rings is 1. The van der Waals surface area contributed by atoms with E-state index in [0.29, 0.717) is 48.9 Å². The van der Waals surface area contributed by atoms with Crippen LogP contribution in [0.2, 0.25) is 5.02 Å². The molecular weight excluding hydrogens is 331 g/mol. The molecule has 1 fully saturated rings. The predicted octanol–water partition coefficient (Wildman–Crippen LogP) is 2.48. The Morgan fingerprint density at radius 1 is 1.29 bits per heavy atom. The maximum atomic E-state index is 13.9. The van der Waals surface area contributed by atoms with Crippen LogP contribution in [0.3, 0.4) is 0 Å². The Morgan fingerprint density at radius 2 is 2.00 bits per heavy atom. The van der Waals surface area contributed by atoms with Crippen molar-refractivity contribution in [1.82, 2.24) is 19.6 Å². The van der Waals surface area contributed by atoms with E-state index in [2.05, 4.69) is 10.00 Å². The van der Waals surface area contributed by atoms with Gasteiger partial charge in [0.15, 0.2) is 0 Å². The van der Waals surface area contributed by atoms with E-state index in [9.17, 15) is 9.18 Å². The molecule has 3 rings (SSSR count). The van der Waals surface area contributed by atoms with Crippen molar-refractivity contribution in [3.8, 4) is 0 Å². The fraction of sp³-hybridized carbons (Fsp3) is 0.412. The second-order valence-corrected chi connectivity index (χ2v) is 6.48. The summed E-state index contributed by atoms with van der Waals surface area (Å²) in [6, 6.07) is 4.73. The van der Waals surface area contributed by atoms with Gasteiger partial charge in [0.2, 0.25) is 0 Å². The van der Waals surface area contributed by atoms with Crippen LogP contribution in [0.5, 0.6) is 0 Å². The average molecular weight is 351 g/mol. The number of aromatic nitrogens is 2. The quantitative estimate of drug-likeness (QED) is 0.854. The van der Waals surface area contributed by atoms with Gasteiger partial charge in [0.1, 0.15) is 5.82 Å². The van der Waals surface area contributed by atoms with E-state index in [4.69, 9.17) is 11.6 Å². The first-order valence-corrected chi connectivity index (χ1v) is 8.28. The van der Waals surface area contributed by atoms with Crippen molar-refractivity contribution >= 4 is 17.5 Å². The number of carbonyl (C=O) groups excluding carboxylic acids is 1. The van der Waals surface area contributed by atoms with Gasteiger partial charge in [-0.15, -0.1) is 0 Å². The van der Waals surface area contributed by atoms with Gasteiger partial charge in [-0.1, -0.05) is 17.7 Å². The fourth-order valence-corrected chi connectivity index (χ4v) is 3.22. The molecule has 0 atom stereocenters. The third kappa shape index (κ3) is 3.44. The van der Waals surface area contributed by atoms with E-state index in [1.54, 1.807) is 30.1 Å². The second-order valence-electron chi connectivity index (χ2n) is 6.07. The lowest BCUT2D eigenvalue weighted by atomic mass is 10.1. The molecule has 5 nitrogen and oxygen atoms in total. The maximum Gasteiger partial charge on any atom is 0.257 e. The van der Waals surface area contributed by atoms with Crippen molar-refractivity contribution in [2.75, 3.05) is 26.2 Å². The normalized spacial score (nSPS) is 15.8. The third-order valence-electron chi connectivity index (χ3n) is 4.35. The summed E-state index contributed by atoms with van der Waals surface area (Å²) < 4.78 is 15.5. The minimum Gasteiger partial charge on any atom is -0.336 e. The van der Waals surface area contributed by atoms with Crippen LogP contribution in [0, 0.1) is 12.7 Å². The highest BCUT2D eigenvalue weighted by atomic mass is 35.5. The molecule has 1 aromatic heterocycles. The number of carbonyl (C=O) groups is 1. The highest BCUT2D eigenvalue weighted by Crippen LogP contribution is 2.21. The van der Waals surface area contributed by atoms with Crippen LogP contribution in [0.25, 0.3) is 0 Å². The first-order valence-electron chi connectivity index (χ1n) is 7.90. The predicted molar refractivity (Wildman–Crippen MR) is 90.5 cm³/mol. The van der Waals surface area contributed by atoms with Crippen LogP contribution in [-0.2, 0) is 13.6 Å². The molecule has 0 unspecified atom stereocenters. The highest BCUT2D eigenvalue weighted by Gasteiger charge is 2.25. The Bertz CT molecular complexity index is 733.